The highest BCUT2D eigenvalue weighted by atomic mass is 32.1. The Balaban J connectivity index is 1.53. The molecule has 0 aliphatic heterocycles. The average molecular weight is 394 g/mol. The lowest BCUT2D eigenvalue weighted by Gasteiger charge is -2.01. The Morgan fingerprint density at radius 3 is 2.72 bits per heavy atom. The summed E-state index contributed by atoms with van der Waals surface area (Å²) < 4.78 is 0. The quantitative estimate of drug-likeness (QED) is 0.427. The van der Waals surface area contributed by atoms with Crippen LogP contribution in [-0.2, 0) is 0 Å². The Hall–Kier alpha value is -3.84. The largest absolute Gasteiger partial charge is 0.336 e. The van der Waals surface area contributed by atoms with Gasteiger partial charge in [0.2, 0.25) is 0 Å². The number of hydrogen-bond acceptors (Lipinski definition) is 5. The fourth-order valence-corrected chi connectivity index (χ4v) is 4.27. The molecule has 29 heavy (non-hydrogen) atoms. The fourth-order valence-electron chi connectivity index (χ4n) is 3.55. The average Bonchev–Trinajstić information content (AvgIpc) is 3.52. The number of fused-ring (bicyclic) bond motifs is 2. The molecule has 0 bridgehead atoms. The Labute approximate surface area is 169 Å². The lowest BCUT2D eigenvalue weighted by atomic mass is 10.0. The SMILES string of the molecule is c1cncc(-c2ccc3[nH]nc(-c4nc5c(-c6cccs6)nccc5[nH]4)c3c2)c1. The summed E-state index contributed by atoms with van der Waals surface area (Å²) in [5.41, 5.74) is 6.59. The second-order valence-electron chi connectivity index (χ2n) is 6.69. The summed E-state index contributed by atoms with van der Waals surface area (Å²) in [6.45, 7) is 0. The molecule has 0 amide bonds. The third-order valence-corrected chi connectivity index (χ3v) is 5.81. The maximum absolute atomic E-state index is 4.86. The second-order valence-corrected chi connectivity index (χ2v) is 7.64. The highest BCUT2D eigenvalue weighted by molar-refractivity contribution is 7.13. The van der Waals surface area contributed by atoms with E-state index >= 15 is 0 Å². The molecule has 7 heteroatoms. The Kier molecular flexibility index (Phi) is 3.54. The highest BCUT2D eigenvalue weighted by Crippen LogP contribution is 2.33. The first-order chi connectivity index (χ1) is 14.4. The molecule has 138 valence electrons. The monoisotopic (exact) mass is 394 g/mol. The van der Waals surface area contributed by atoms with Gasteiger partial charge in [0.1, 0.15) is 16.9 Å². The number of hydrogen-bond donors (Lipinski definition) is 2. The number of thiophene rings is 1. The fraction of sp³-hybridized carbons (Fsp3) is 0. The van der Waals surface area contributed by atoms with Gasteiger partial charge >= 0.3 is 0 Å². The van der Waals surface area contributed by atoms with E-state index in [2.05, 4.69) is 43.3 Å². The zero-order chi connectivity index (χ0) is 19.2. The molecule has 0 saturated carbocycles. The van der Waals surface area contributed by atoms with Crippen LogP contribution in [0.5, 0.6) is 0 Å². The van der Waals surface area contributed by atoms with Crippen molar-refractivity contribution in [3.63, 3.8) is 0 Å². The standard InChI is InChI=1S/C22H14N6S/c1-3-14(12-23-8-1)13-5-6-16-15(11-13)19(28-27-16)22-25-17-7-9-24-21(20(17)26-22)18-4-2-10-29-18/h1-12H,(H,25,26)(H,27,28). The van der Waals surface area contributed by atoms with Crippen molar-refractivity contribution in [2.75, 3.05) is 0 Å². The van der Waals surface area contributed by atoms with Crippen LogP contribution in [0.4, 0.5) is 0 Å². The van der Waals surface area contributed by atoms with E-state index in [1.54, 1.807) is 17.5 Å². The molecule has 6 rings (SSSR count). The summed E-state index contributed by atoms with van der Waals surface area (Å²) in [6.07, 6.45) is 5.45. The van der Waals surface area contributed by atoms with Gasteiger partial charge in [-0.05, 0) is 41.3 Å². The maximum atomic E-state index is 4.86. The molecule has 6 aromatic rings. The minimum atomic E-state index is 0.723. The zero-order valence-corrected chi connectivity index (χ0v) is 15.9. The van der Waals surface area contributed by atoms with Crippen LogP contribution >= 0.6 is 11.3 Å². The molecule has 0 aliphatic rings. The molecule has 0 unspecified atom stereocenters. The normalized spacial score (nSPS) is 11.4. The van der Waals surface area contributed by atoms with Gasteiger partial charge in [-0.15, -0.1) is 11.3 Å². The maximum Gasteiger partial charge on any atom is 0.159 e. The smallest absolute Gasteiger partial charge is 0.159 e. The van der Waals surface area contributed by atoms with Gasteiger partial charge in [0, 0.05) is 29.5 Å². The van der Waals surface area contributed by atoms with Crippen molar-refractivity contribution in [2.24, 2.45) is 0 Å². The van der Waals surface area contributed by atoms with E-state index in [1.165, 1.54) is 0 Å². The van der Waals surface area contributed by atoms with E-state index in [9.17, 15) is 0 Å². The number of nitrogens with zero attached hydrogens (tertiary/aromatic N) is 4. The Morgan fingerprint density at radius 1 is 0.862 bits per heavy atom. The molecule has 5 heterocycles. The number of aromatic amines is 2. The molecule has 0 aliphatic carbocycles. The summed E-state index contributed by atoms with van der Waals surface area (Å²) in [6, 6.07) is 16.2. The Bertz CT molecular complexity index is 1450. The van der Waals surface area contributed by atoms with E-state index in [-0.39, 0.29) is 0 Å². The number of imidazole rings is 1. The first-order valence-corrected chi connectivity index (χ1v) is 10.0. The van der Waals surface area contributed by atoms with Crippen LogP contribution in [-0.4, -0.2) is 30.1 Å². The van der Waals surface area contributed by atoms with Crippen LogP contribution in [0.1, 0.15) is 0 Å². The van der Waals surface area contributed by atoms with E-state index in [4.69, 9.17) is 4.98 Å². The van der Waals surface area contributed by atoms with Crippen LogP contribution in [0.3, 0.4) is 0 Å². The lowest BCUT2D eigenvalue weighted by Crippen LogP contribution is -1.83. The molecule has 5 aromatic heterocycles. The van der Waals surface area contributed by atoms with E-state index < -0.39 is 0 Å². The van der Waals surface area contributed by atoms with Crippen molar-refractivity contribution in [3.8, 4) is 33.2 Å². The van der Waals surface area contributed by atoms with Crippen molar-refractivity contribution in [1.82, 2.24) is 30.1 Å². The molecule has 1 aromatic carbocycles. The van der Waals surface area contributed by atoms with Gasteiger partial charge in [-0.2, -0.15) is 5.10 Å². The van der Waals surface area contributed by atoms with Crippen molar-refractivity contribution in [2.45, 2.75) is 0 Å². The number of rotatable bonds is 3. The molecule has 0 fully saturated rings. The Morgan fingerprint density at radius 2 is 1.86 bits per heavy atom. The van der Waals surface area contributed by atoms with Gasteiger partial charge in [-0.25, -0.2) is 4.98 Å². The van der Waals surface area contributed by atoms with Gasteiger partial charge in [-0.3, -0.25) is 15.1 Å². The van der Waals surface area contributed by atoms with Gasteiger partial charge in [0.25, 0.3) is 0 Å². The van der Waals surface area contributed by atoms with Crippen molar-refractivity contribution >= 4 is 33.3 Å². The molecule has 2 N–H and O–H groups in total. The first kappa shape index (κ1) is 16.1. The van der Waals surface area contributed by atoms with E-state index in [0.29, 0.717) is 0 Å². The van der Waals surface area contributed by atoms with Crippen LogP contribution in [0.25, 0.3) is 55.2 Å². The summed E-state index contributed by atoms with van der Waals surface area (Å²) in [5, 5.41) is 10.7. The highest BCUT2D eigenvalue weighted by Gasteiger charge is 2.16. The van der Waals surface area contributed by atoms with Crippen molar-refractivity contribution in [1.29, 1.82) is 0 Å². The number of H-pyrrole nitrogens is 2. The summed E-state index contributed by atoms with van der Waals surface area (Å²) in [4.78, 5) is 18.1. The zero-order valence-electron chi connectivity index (χ0n) is 15.1. The predicted molar refractivity (Wildman–Crippen MR) is 116 cm³/mol. The van der Waals surface area contributed by atoms with Crippen LogP contribution in [0.15, 0.2) is 72.5 Å². The predicted octanol–water partition coefficient (Wildman–Crippen LogP) is 5.29. The lowest BCUT2D eigenvalue weighted by molar-refractivity contribution is 1.11. The molecular weight excluding hydrogens is 380 g/mol. The minimum Gasteiger partial charge on any atom is -0.336 e. The van der Waals surface area contributed by atoms with Crippen LogP contribution in [0.2, 0.25) is 0 Å². The van der Waals surface area contributed by atoms with E-state index in [0.717, 1.165) is 55.2 Å². The topological polar surface area (TPSA) is 83.1 Å². The molecule has 0 atom stereocenters. The third-order valence-electron chi connectivity index (χ3n) is 4.94. The summed E-state index contributed by atoms with van der Waals surface area (Å²) >= 11 is 1.66. The molecule has 0 spiro atoms. The number of pyridine rings is 2. The number of benzene rings is 1. The van der Waals surface area contributed by atoms with Crippen molar-refractivity contribution in [3.05, 3.63) is 72.5 Å². The third kappa shape index (κ3) is 2.63. The molecule has 0 saturated heterocycles. The summed E-state index contributed by atoms with van der Waals surface area (Å²) in [5.74, 6) is 0.723. The second kappa shape index (κ2) is 6.35. The van der Waals surface area contributed by atoms with Gasteiger partial charge in [-0.1, -0.05) is 18.2 Å². The van der Waals surface area contributed by atoms with Gasteiger partial charge in [0.15, 0.2) is 5.82 Å². The van der Waals surface area contributed by atoms with Crippen LogP contribution in [0, 0.1) is 0 Å². The number of nitrogens with one attached hydrogen (secondary N) is 2. The molecule has 6 nitrogen and oxygen atoms in total. The van der Waals surface area contributed by atoms with Gasteiger partial charge < -0.3 is 4.98 Å². The number of aromatic nitrogens is 6. The summed E-state index contributed by atoms with van der Waals surface area (Å²) in [7, 11) is 0. The minimum absolute atomic E-state index is 0.723. The molecular formula is C22H14N6S. The van der Waals surface area contributed by atoms with E-state index in [1.807, 2.05) is 48.1 Å². The van der Waals surface area contributed by atoms with Gasteiger partial charge in [0.05, 0.1) is 15.9 Å². The van der Waals surface area contributed by atoms with Crippen molar-refractivity contribution < 1.29 is 0 Å². The first-order valence-electron chi connectivity index (χ1n) is 9.14. The van der Waals surface area contributed by atoms with Crippen LogP contribution < -0.4 is 0 Å². The molecule has 0 radical (unpaired) electrons.